The molecule has 100 valence electrons. The van der Waals surface area contributed by atoms with Crippen LogP contribution in [0.2, 0.25) is 0 Å². The van der Waals surface area contributed by atoms with E-state index in [0.29, 0.717) is 0 Å². The third kappa shape index (κ3) is 3.38. The highest BCUT2D eigenvalue weighted by atomic mass is 79.9. The summed E-state index contributed by atoms with van der Waals surface area (Å²) in [6, 6.07) is 15.8. The number of hydrogen-bond donors (Lipinski definition) is 2. The Bertz CT molecular complexity index is 556. The van der Waals surface area contributed by atoms with Crippen molar-refractivity contribution in [1.82, 2.24) is 0 Å². The number of hydrogen-bond acceptors (Lipinski definition) is 2. The Morgan fingerprint density at radius 2 is 1.68 bits per heavy atom. The van der Waals surface area contributed by atoms with Crippen molar-refractivity contribution in [1.29, 1.82) is 0 Å². The first-order valence-corrected chi connectivity index (χ1v) is 7.53. The van der Waals surface area contributed by atoms with Crippen LogP contribution >= 0.6 is 31.9 Å². The zero-order chi connectivity index (χ0) is 13.9. The molecule has 4 heteroatoms. The van der Waals surface area contributed by atoms with Crippen molar-refractivity contribution < 1.29 is 5.11 Å². The van der Waals surface area contributed by atoms with Crippen molar-refractivity contribution in [2.45, 2.75) is 12.5 Å². The molecule has 0 saturated carbocycles. The Labute approximate surface area is 130 Å². The molecular formula is C15H15Br2NO. The van der Waals surface area contributed by atoms with Gasteiger partial charge in [-0.15, -0.1) is 0 Å². The van der Waals surface area contributed by atoms with E-state index in [2.05, 4.69) is 37.2 Å². The van der Waals surface area contributed by atoms with Gasteiger partial charge in [0.2, 0.25) is 0 Å². The summed E-state index contributed by atoms with van der Waals surface area (Å²) in [5, 5.41) is 13.2. The summed E-state index contributed by atoms with van der Waals surface area (Å²) in [4.78, 5) is 0. The van der Waals surface area contributed by atoms with Gasteiger partial charge in [-0.3, -0.25) is 0 Å². The Balaban J connectivity index is 2.33. The fourth-order valence-corrected chi connectivity index (χ4v) is 2.53. The van der Waals surface area contributed by atoms with E-state index in [1.807, 2.05) is 55.5 Å². The second kappa shape index (κ2) is 6.07. The Kier molecular flexibility index (Phi) is 4.66. The number of para-hydroxylation sites is 1. The van der Waals surface area contributed by atoms with E-state index in [-0.39, 0.29) is 6.61 Å². The molecule has 2 aromatic rings. The van der Waals surface area contributed by atoms with E-state index in [4.69, 9.17) is 0 Å². The average molecular weight is 385 g/mol. The van der Waals surface area contributed by atoms with Crippen LogP contribution in [0.1, 0.15) is 12.5 Å². The number of halogens is 2. The number of benzene rings is 2. The lowest BCUT2D eigenvalue weighted by Crippen LogP contribution is -2.35. The molecule has 0 aliphatic carbocycles. The maximum atomic E-state index is 9.77. The molecule has 0 heterocycles. The smallest absolute Gasteiger partial charge is 0.0828 e. The van der Waals surface area contributed by atoms with Gasteiger partial charge in [0, 0.05) is 14.6 Å². The zero-order valence-electron chi connectivity index (χ0n) is 10.5. The van der Waals surface area contributed by atoms with E-state index >= 15 is 0 Å². The summed E-state index contributed by atoms with van der Waals surface area (Å²) in [5.74, 6) is 0. The summed E-state index contributed by atoms with van der Waals surface area (Å²) in [7, 11) is 0. The number of aliphatic hydroxyl groups is 1. The normalized spacial score (nSPS) is 13.9. The van der Waals surface area contributed by atoms with Gasteiger partial charge in [0.25, 0.3) is 0 Å². The molecule has 1 atom stereocenters. The van der Waals surface area contributed by atoms with Crippen molar-refractivity contribution in [3.05, 3.63) is 63.0 Å². The van der Waals surface area contributed by atoms with E-state index in [9.17, 15) is 5.11 Å². The minimum Gasteiger partial charge on any atom is -0.394 e. The number of nitrogens with one attached hydrogen (secondary N) is 1. The number of rotatable bonds is 4. The van der Waals surface area contributed by atoms with E-state index in [0.717, 1.165) is 20.2 Å². The predicted octanol–water partition coefficient (Wildman–Crippen LogP) is 4.53. The van der Waals surface area contributed by atoms with Crippen molar-refractivity contribution >= 4 is 37.5 Å². The maximum absolute atomic E-state index is 9.77. The van der Waals surface area contributed by atoms with Gasteiger partial charge in [0.05, 0.1) is 12.1 Å². The van der Waals surface area contributed by atoms with Gasteiger partial charge >= 0.3 is 0 Å². The lowest BCUT2D eigenvalue weighted by atomic mass is 9.92. The van der Waals surface area contributed by atoms with Crippen molar-refractivity contribution in [2.75, 3.05) is 11.9 Å². The Morgan fingerprint density at radius 1 is 1.05 bits per heavy atom. The molecule has 0 aromatic heterocycles. The highest BCUT2D eigenvalue weighted by molar-refractivity contribution is 9.10. The summed E-state index contributed by atoms with van der Waals surface area (Å²) in [6.45, 7) is 1.99. The largest absolute Gasteiger partial charge is 0.394 e. The SMILES string of the molecule is CC(CO)(Nc1ccccc1Br)c1ccc(Br)cc1. The van der Waals surface area contributed by atoms with Crippen LogP contribution in [0.4, 0.5) is 5.69 Å². The van der Waals surface area contributed by atoms with Gasteiger partial charge < -0.3 is 10.4 Å². The molecule has 2 aromatic carbocycles. The van der Waals surface area contributed by atoms with Gasteiger partial charge in [-0.1, -0.05) is 40.2 Å². The van der Waals surface area contributed by atoms with Crippen molar-refractivity contribution in [3.8, 4) is 0 Å². The van der Waals surface area contributed by atoms with Crippen LogP contribution in [-0.4, -0.2) is 11.7 Å². The third-order valence-corrected chi connectivity index (χ3v) is 4.30. The molecule has 0 bridgehead atoms. The summed E-state index contributed by atoms with van der Waals surface area (Å²) >= 11 is 6.93. The molecule has 1 unspecified atom stereocenters. The molecule has 19 heavy (non-hydrogen) atoms. The fourth-order valence-electron chi connectivity index (χ4n) is 1.88. The molecule has 0 amide bonds. The van der Waals surface area contributed by atoms with Crippen molar-refractivity contribution in [2.24, 2.45) is 0 Å². The maximum Gasteiger partial charge on any atom is 0.0828 e. The number of aliphatic hydroxyl groups excluding tert-OH is 1. The standard InChI is InChI=1S/C15H15Br2NO/c1-15(10-19,11-6-8-12(16)9-7-11)18-14-5-3-2-4-13(14)17/h2-9,18-19H,10H2,1H3. The molecule has 0 fully saturated rings. The van der Waals surface area contributed by atoms with Crippen LogP contribution in [0, 0.1) is 0 Å². The van der Waals surface area contributed by atoms with Crippen LogP contribution in [0.5, 0.6) is 0 Å². The van der Waals surface area contributed by atoms with E-state index in [1.165, 1.54) is 0 Å². The van der Waals surface area contributed by atoms with Crippen molar-refractivity contribution in [3.63, 3.8) is 0 Å². The molecule has 0 spiro atoms. The second-order valence-electron chi connectivity index (χ2n) is 4.60. The molecule has 0 saturated heterocycles. The molecular weight excluding hydrogens is 370 g/mol. The number of anilines is 1. The van der Waals surface area contributed by atoms with Gasteiger partial charge in [-0.25, -0.2) is 0 Å². The Morgan fingerprint density at radius 3 is 2.26 bits per heavy atom. The highest BCUT2D eigenvalue weighted by Crippen LogP contribution is 2.30. The molecule has 0 radical (unpaired) electrons. The monoisotopic (exact) mass is 383 g/mol. The van der Waals surface area contributed by atoms with Crippen LogP contribution in [0.3, 0.4) is 0 Å². The zero-order valence-corrected chi connectivity index (χ0v) is 13.7. The minimum absolute atomic E-state index is 0.00989. The van der Waals surface area contributed by atoms with Gasteiger partial charge in [-0.2, -0.15) is 0 Å². The van der Waals surface area contributed by atoms with Crippen LogP contribution < -0.4 is 5.32 Å². The van der Waals surface area contributed by atoms with E-state index < -0.39 is 5.54 Å². The Hall–Kier alpha value is -0.840. The quantitative estimate of drug-likeness (QED) is 0.811. The molecule has 2 rings (SSSR count). The third-order valence-electron chi connectivity index (χ3n) is 3.08. The van der Waals surface area contributed by atoms with Crippen LogP contribution in [-0.2, 0) is 5.54 Å². The molecule has 2 nitrogen and oxygen atoms in total. The fraction of sp³-hybridized carbons (Fsp3) is 0.200. The predicted molar refractivity (Wildman–Crippen MR) is 86.3 cm³/mol. The topological polar surface area (TPSA) is 32.3 Å². The first-order valence-electron chi connectivity index (χ1n) is 5.95. The lowest BCUT2D eigenvalue weighted by molar-refractivity contribution is 0.224. The second-order valence-corrected chi connectivity index (χ2v) is 6.37. The summed E-state index contributed by atoms with van der Waals surface area (Å²) in [5.41, 5.74) is 1.47. The van der Waals surface area contributed by atoms with Crippen LogP contribution in [0.15, 0.2) is 57.5 Å². The molecule has 0 aliphatic heterocycles. The van der Waals surface area contributed by atoms with Gasteiger partial charge in [-0.05, 0) is 52.7 Å². The van der Waals surface area contributed by atoms with E-state index in [1.54, 1.807) is 0 Å². The molecule has 2 N–H and O–H groups in total. The first kappa shape index (κ1) is 14.6. The first-order chi connectivity index (χ1) is 9.05. The average Bonchev–Trinajstić information content (AvgIpc) is 2.42. The molecule has 0 aliphatic rings. The highest BCUT2D eigenvalue weighted by Gasteiger charge is 2.26. The summed E-state index contributed by atoms with van der Waals surface area (Å²) in [6.07, 6.45) is 0. The summed E-state index contributed by atoms with van der Waals surface area (Å²) < 4.78 is 2.00. The van der Waals surface area contributed by atoms with Gasteiger partial charge in [0.15, 0.2) is 0 Å². The van der Waals surface area contributed by atoms with Gasteiger partial charge in [0.1, 0.15) is 0 Å². The van der Waals surface area contributed by atoms with Crippen LogP contribution in [0.25, 0.3) is 0 Å². The minimum atomic E-state index is -0.523. The lowest BCUT2D eigenvalue weighted by Gasteiger charge is -2.31.